The van der Waals surface area contributed by atoms with Gasteiger partial charge in [0, 0.05) is 12.3 Å². The highest BCUT2D eigenvalue weighted by molar-refractivity contribution is 5.93. The fraction of sp³-hybridized carbons (Fsp3) is 0.571. The predicted octanol–water partition coefficient (Wildman–Crippen LogP) is 2.56. The molecule has 5 nitrogen and oxygen atoms in total. The molecule has 0 spiro atoms. The number of carbonyl (C=O) groups is 1. The third kappa shape index (κ3) is 4.52. The highest BCUT2D eigenvalue weighted by atomic mass is 16.5. The molecule has 0 saturated heterocycles. The summed E-state index contributed by atoms with van der Waals surface area (Å²) in [6.07, 6.45) is 0. The van der Waals surface area contributed by atoms with Gasteiger partial charge in [-0.25, -0.2) is 9.78 Å². The molecule has 5 heteroatoms. The van der Waals surface area contributed by atoms with Crippen molar-refractivity contribution in [3.63, 3.8) is 0 Å². The minimum absolute atomic E-state index is 0.0346. The molecule has 0 aliphatic carbocycles. The molecule has 0 bridgehead atoms. The number of pyridine rings is 1. The first-order valence-corrected chi connectivity index (χ1v) is 6.51. The summed E-state index contributed by atoms with van der Waals surface area (Å²) in [6.45, 7) is 9.06. The Kier molecular flexibility index (Phi) is 5.76. The lowest BCUT2D eigenvalue weighted by Crippen LogP contribution is -2.32. The van der Waals surface area contributed by atoms with E-state index in [1.807, 2.05) is 13.8 Å². The molecule has 1 atom stereocenters. The summed E-state index contributed by atoms with van der Waals surface area (Å²) in [6, 6.07) is 3.31. The van der Waals surface area contributed by atoms with E-state index in [9.17, 15) is 9.90 Å². The van der Waals surface area contributed by atoms with Gasteiger partial charge in [0.2, 0.25) is 0 Å². The van der Waals surface area contributed by atoms with Crippen molar-refractivity contribution in [3.05, 3.63) is 23.4 Å². The number of hydrogen-bond acceptors (Lipinski definition) is 4. The van der Waals surface area contributed by atoms with Gasteiger partial charge in [0.15, 0.2) is 0 Å². The van der Waals surface area contributed by atoms with Crippen LogP contribution < -0.4 is 5.32 Å². The van der Waals surface area contributed by atoms with Crippen molar-refractivity contribution >= 4 is 11.8 Å². The monoisotopic (exact) mass is 266 g/mol. The largest absolute Gasteiger partial charge is 0.478 e. The number of rotatable bonds is 7. The van der Waals surface area contributed by atoms with E-state index < -0.39 is 5.97 Å². The van der Waals surface area contributed by atoms with E-state index in [1.54, 1.807) is 12.1 Å². The summed E-state index contributed by atoms with van der Waals surface area (Å²) in [5.74, 6) is -0.254. The van der Waals surface area contributed by atoms with Crippen molar-refractivity contribution in [3.8, 4) is 0 Å². The Balaban J connectivity index is 2.94. The Labute approximate surface area is 114 Å². The Morgan fingerprint density at radius 1 is 1.47 bits per heavy atom. The first-order valence-electron chi connectivity index (χ1n) is 6.51. The maximum atomic E-state index is 11.2. The molecule has 0 aliphatic rings. The van der Waals surface area contributed by atoms with Crippen LogP contribution in [0, 0.1) is 12.8 Å². The second-order valence-corrected chi connectivity index (χ2v) is 4.81. The van der Waals surface area contributed by atoms with Crippen LogP contribution in [0.15, 0.2) is 12.1 Å². The molecule has 19 heavy (non-hydrogen) atoms. The van der Waals surface area contributed by atoms with Gasteiger partial charge in [-0.15, -0.1) is 0 Å². The maximum absolute atomic E-state index is 11.2. The van der Waals surface area contributed by atoms with Crippen LogP contribution in [0.5, 0.6) is 0 Å². The van der Waals surface area contributed by atoms with Crippen LogP contribution in [0.1, 0.15) is 36.8 Å². The molecule has 106 valence electrons. The average molecular weight is 266 g/mol. The van der Waals surface area contributed by atoms with Gasteiger partial charge in [0.25, 0.3) is 0 Å². The first-order chi connectivity index (χ1) is 8.95. The predicted molar refractivity (Wildman–Crippen MR) is 74.7 cm³/mol. The van der Waals surface area contributed by atoms with Crippen molar-refractivity contribution in [2.45, 2.75) is 33.7 Å². The highest BCUT2D eigenvalue weighted by Gasteiger charge is 2.18. The quantitative estimate of drug-likeness (QED) is 0.793. The molecule has 0 radical (unpaired) electrons. The number of anilines is 1. The van der Waals surface area contributed by atoms with E-state index in [0.29, 0.717) is 24.9 Å². The molecule has 0 amide bonds. The third-order valence-corrected chi connectivity index (χ3v) is 2.89. The standard InChI is InChI=1S/C14H22N2O3/c1-5-19-8-12(9(2)3)16-13-11(14(17)18)7-6-10(4)15-13/h6-7,9,12H,5,8H2,1-4H3,(H,15,16)(H,17,18). The fourth-order valence-electron chi connectivity index (χ4n) is 1.66. The van der Waals surface area contributed by atoms with Crippen molar-refractivity contribution < 1.29 is 14.6 Å². The molecular formula is C14H22N2O3. The lowest BCUT2D eigenvalue weighted by molar-refractivity contribution is 0.0697. The van der Waals surface area contributed by atoms with E-state index >= 15 is 0 Å². The van der Waals surface area contributed by atoms with Crippen LogP contribution in [-0.2, 0) is 4.74 Å². The van der Waals surface area contributed by atoms with E-state index in [-0.39, 0.29) is 11.6 Å². The van der Waals surface area contributed by atoms with Crippen LogP contribution in [0.3, 0.4) is 0 Å². The molecule has 1 aromatic rings. The fourth-order valence-corrected chi connectivity index (χ4v) is 1.66. The molecule has 1 heterocycles. The summed E-state index contributed by atoms with van der Waals surface area (Å²) in [5, 5.41) is 12.4. The van der Waals surface area contributed by atoms with Crippen LogP contribution in [0.25, 0.3) is 0 Å². The van der Waals surface area contributed by atoms with Crippen LogP contribution in [0.4, 0.5) is 5.82 Å². The molecule has 0 fully saturated rings. The number of aryl methyl sites for hydroxylation is 1. The molecule has 0 aromatic carbocycles. The number of aromatic carboxylic acids is 1. The number of hydrogen-bond donors (Lipinski definition) is 2. The van der Waals surface area contributed by atoms with Crippen LogP contribution >= 0.6 is 0 Å². The van der Waals surface area contributed by atoms with Crippen molar-refractivity contribution in [2.24, 2.45) is 5.92 Å². The van der Waals surface area contributed by atoms with Gasteiger partial charge < -0.3 is 15.2 Å². The average Bonchev–Trinajstić information content (AvgIpc) is 2.33. The maximum Gasteiger partial charge on any atom is 0.339 e. The highest BCUT2D eigenvalue weighted by Crippen LogP contribution is 2.17. The molecule has 0 saturated carbocycles. The minimum Gasteiger partial charge on any atom is -0.478 e. The molecule has 1 unspecified atom stereocenters. The Hall–Kier alpha value is -1.62. The molecule has 1 rings (SSSR count). The molecule has 1 aromatic heterocycles. The van der Waals surface area contributed by atoms with Gasteiger partial charge in [-0.2, -0.15) is 0 Å². The second-order valence-electron chi connectivity index (χ2n) is 4.81. The van der Waals surface area contributed by atoms with Gasteiger partial charge in [0.1, 0.15) is 11.4 Å². The van der Waals surface area contributed by atoms with Crippen molar-refractivity contribution in [1.82, 2.24) is 4.98 Å². The molecule has 0 aliphatic heterocycles. The number of nitrogens with zero attached hydrogens (tertiary/aromatic N) is 1. The Morgan fingerprint density at radius 3 is 2.68 bits per heavy atom. The summed E-state index contributed by atoms with van der Waals surface area (Å²) < 4.78 is 5.42. The smallest absolute Gasteiger partial charge is 0.339 e. The van der Waals surface area contributed by atoms with Crippen molar-refractivity contribution in [2.75, 3.05) is 18.5 Å². The zero-order chi connectivity index (χ0) is 14.4. The summed E-state index contributed by atoms with van der Waals surface area (Å²) in [7, 11) is 0. The number of nitrogens with one attached hydrogen (secondary N) is 1. The summed E-state index contributed by atoms with van der Waals surface area (Å²) in [4.78, 5) is 15.5. The van der Waals surface area contributed by atoms with E-state index in [1.165, 1.54) is 0 Å². The van der Waals surface area contributed by atoms with Crippen LogP contribution in [0.2, 0.25) is 0 Å². The zero-order valence-electron chi connectivity index (χ0n) is 11.9. The number of carboxylic acid groups (broad SMARTS) is 1. The van der Waals surface area contributed by atoms with Gasteiger partial charge in [0.05, 0.1) is 12.6 Å². The second kappa shape index (κ2) is 7.09. The zero-order valence-corrected chi connectivity index (χ0v) is 11.9. The summed E-state index contributed by atoms with van der Waals surface area (Å²) >= 11 is 0. The number of carboxylic acids is 1. The SMILES string of the molecule is CCOCC(Nc1nc(C)ccc1C(=O)O)C(C)C. The van der Waals surface area contributed by atoms with E-state index in [2.05, 4.69) is 24.1 Å². The first kappa shape index (κ1) is 15.4. The van der Waals surface area contributed by atoms with E-state index in [4.69, 9.17) is 4.74 Å². The minimum atomic E-state index is -0.978. The van der Waals surface area contributed by atoms with E-state index in [0.717, 1.165) is 5.69 Å². The Morgan fingerprint density at radius 2 is 2.16 bits per heavy atom. The lowest BCUT2D eigenvalue weighted by Gasteiger charge is -2.23. The number of ether oxygens (including phenoxy) is 1. The van der Waals surface area contributed by atoms with Crippen LogP contribution in [-0.4, -0.2) is 35.3 Å². The van der Waals surface area contributed by atoms with Gasteiger partial charge in [-0.1, -0.05) is 13.8 Å². The number of aromatic nitrogens is 1. The summed E-state index contributed by atoms with van der Waals surface area (Å²) in [5.41, 5.74) is 0.971. The molecule has 2 N–H and O–H groups in total. The third-order valence-electron chi connectivity index (χ3n) is 2.89. The van der Waals surface area contributed by atoms with Gasteiger partial charge >= 0.3 is 5.97 Å². The normalized spacial score (nSPS) is 12.5. The Bertz CT molecular complexity index is 433. The molecular weight excluding hydrogens is 244 g/mol. The lowest BCUT2D eigenvalue weighted by atomic mass is 10.0. The topological polar surface area (TPSA) is 71.5 Å². The van der Waals surface area contributed by atoms with Crippen molar-refractivity contribution in [1.29, 1.82) is 0 Å². The van der Waals surface area contributed by atoms with Gasteiger partial charge in [-0.05, 0) is 31.9 Å². The van der Waals surface area contributed by atoms with Gasteiger partial charge in [-0.3, -0.25) is 0 Å².